The Morgan fingerprint density at radius 2 is 1.93 bits per heavy atom. The Balaban J connectivity index is 0.00000240. The predicted octanol–water partition coefficient (Wildman–Crippen LogP) is 4.63. The Hall–Kier alpha value is -2.32. The van der Waals surface area contributed by atoms with Crippen molar-refractivity contribution in [3.8, 4) is 5.88 Å². The highest BCUT2D eigenvalue weighted by molar-refractivity contribution is 5.85. The maximum atomic E-state index is 13.7. The van der Waals surface area contributed by atoms with Crippen LogP contribution in [0.15, 0.2) is 42.6 Å². The van der Waals surface area contributed by atoms with Gasteiger partial charge in [0.1, 0.15) is 6.61 Å². The summed E-state index contributed by atoms with van der Waals surface area (Å²) in [4.78, 5) is 4.61. The molecule has 0 bridgehead atoms. The van der Waals surface area contributed by atoms with Crippen LogP contribution in [-0.2, 0) is 6.61 Å². The van der Waals surface area contributed by atoms with Gasteiger partial charge < -0.3 is 10.1 Å². The molecular formula is C20H22ClF3N4O. The third-order valence-electron chi connectivity index (χ3n) is 4.99. The number of pyridine rings is 1. The molecule has 5 nitrogen and oxygen atoms in total. The van der Waals surface area contributed by atoms with Gasteiger partial charge in [-0.3, -0.25) is 0 Å². The van der Waals surface area contributed by atoms with Crippen LogP contribution in [0.3, 0.4) is 0 Å². The Morgan fingerprint density at radius 1 is 1.14 bits per heavy atom. The number of nitrogens with one attached hydrogen (secondary N) is 1. The van der Waals surface area contributed by atoms with Gasteiger partial charge in [0.15, 0.2) is 0 Å². The highest BCUT2D eigenvalue weighted by Crippen LogP contribution is 2.26. The Bertz CT molecular complexity index is 946. The molecule has 4 rings (SSSR count). The summed E-state index contributed by atoms with van der Waals surface area (Å²) in [5, 5.41) is 7.68. The van der Waals surface area contributed by atoms with Crippen molar-refractivity contribution >= 4 is 23.3 Å². The molecule has 1 unspecified atom stereocenters. The van der Waals surface area contributed by atoms with E-state index in [0.29, 0.717) is 27.4 Å². The zero-order valence-electron chi connectivity index (χ0n) is 15.6. The topological polar surface area (TPSA) is 52.0 Å². The third-order valence-corrected chi connectivity index (χ3v) is 4.99. The molecule has 2 aromatic heterocycles. The van der Waals surface area contributed by atoms with Crippen molar-refractivity contribution in [2.45, 2.75) is 38.1 Å². The summed E-state index contributed by atoms with van der Waals surface area (Å²) in [6, 6.07) is 10.9. The second kappa shape index (κ2) is 9.45. The summed E-state index contributed by atoms with van der Waals surface area (Å²) >= 11 is 0. The predicted molar refractivity (Wildman–Crippen MR) is 107 cm³/mol. The first kappa shape index (κ1) is 21.4. The van der Waals surface area contributed by atoms with Crippen LogP contribution in [0.1, 0.15) is 36.3 Å². The van der Waals surface area contributed by atoms with Crippen molar-refractivity contribution in [2.24, 2.45) is 0 Å². The van der Waals surface area contributed by atoms with Crippen molar-refractivity contribution in [1.82, 2.24) is 20.1 Å². The van der Waals surface area contributed by atoms with Crippen LogP contribution in [0.2, 0.25) is 0 Å². The van der Waals surface area contributed by atoms with E-state index >= 15 is 0 Å². The van der Waals surface area contributed by atoms with Gasteiger partial charge in [-0.05, 0) is 43.6 Å². The van der Waals surface area contributed by atoms with Crippen molar-refractivity contribution in [1.29, 1.82) is 0 Å². The molecule has 9 heteroatoms. The molecule has 156 valence electrons. The number of benzene rings is 1. The molecule has 1 fully saturated rings. The first-order valence-electron chi connectivity index (χ1n) is 9.30. The van der Waals surface area contributed by atoms with E-state index in [-0.39, 0.29) is 19.0 Å². The van der Waals surface area contributed by atoms with Gasteiger partial charge in [-0.25, -0.2) is 22.8 Å². The van der Waals surface area contributed by atoms with E-state index < -0.39 is 12.7 Å². The zero-order valence-corrected chi connectivity index (χ0v) is 16.4. The lowest BCUT2D eigenvalue weighted by molar-refractivity contribution is 0.00343. The van der Waals surface area contributed by atoms with E-state index in [4.69, 9.17) is 4.74 Å². The van der Waals surface area contributed by atoms with E-state index in [9.17, 15) is 13.2 Å². The van der Waals surface area contributed by atoms with Crippen molar-refractivity contribution < 1.29 is 17.9 Å². The number of nitrogens with zero attached hydrogens (tertiary/aromatic N) is 3. The fraction of sp³-hybridized carbons (Fsp3) is 0.400. The van der Waals surface area contributed by atoms with Crippen LogP contribution in [0, 0.1) is 0 Å². The van der Waals surface area contributed by atoms with E-state index in [0.717, 1.165) is 37.2 Å². The SMILES string of the molecule is Cl.FC(F)C(F)n1ncc2ccc(COc3cccc(C4CCNCC4)n3)cc21. The smallest absolute Gasteiger partial charge is 0.289 e. The summed E-state index contributed by atoms with van der Waals surface area (Å²) in [7, 11) is 0. The second-order valence-electron chi connectivity index (χ2n) is 6.90. The molecule has 1 saturated heterocycles. The normalized spacial score (nSPS) is 16.0. The minimum absolute atomic E-state index is 0. The molecule has 0 spiro atoms. The van der Waals surface area contributed by atoms with Crippen molar-refractivity contribution in [2.75, 3.05) is 13.1 Å². The van der Waals surface area contributed by atoms with Gasteiger partial charge in [0.25, 0.3) is 12.7 Å². The lowest BCUT2D eigenvalue weighted by Gasteiger charge is -2.22. The Labute approximate surface area is 172 Å². The standard InChI is InChI=1S/C20H21F3N4O.ClH/c21-19(22)20(23)27-17-10-13(4-5-15(17)11-25-27)12-28-18-3-1-2-16(26-18)14-6-8-24-9-7-14;/h1-5,10-11,14,19-20,24H,6-9,12H2;1H. The molecule has 3 heterocycles. The van der Waals surface area contributed by atoms with Gasteiger partial charge >= 0.3 is 0 Å². The Kier molecular flexibility index (Phi) is 6.97. The third kappa shape index (κ3) is 4.82. The van der Waals surface area contributed by atoms with Crippen LogP contribution < -0.4 is 10.1 Å². The first-order valence-corrected chi connectivity index (χ1v) is 9.30. The first-order chi connectivity index (χ1) is 13.6. The van der Waals surface area contributed by atoms with Gasteiger partial charge in [-0.2, -0.15) is 5.10 Å². The maximum absolute atomic E-state index is 13.7. The minimum atomic E-state index is -3.13. The molecule has 29 heavy (non-hydrogen) atoms. The quantitative estimate of drug-likeness (QED) is 0.624. The van der Waals surface area contributed by atoms with Gasteiger partial charge in [-0.1, -0.05) is 18.2 Å². The van der Waals surface area contributed by atoms with E-state index in [1.165, 1.54) is 6.20 Å². The number of aromatic nitrogens is 3. The molecule has 1 N–H and O–H groups in total. The molecule has 1 aliphatic heterocycles. The number of alkyl halides is 3. The molecule has 1 aliphatic rings. The van der Waals surface area contributed by atoms with Crippen LogP contribution in [-0.4, -0.2) is 34.3 Å². The molecule has 0 saturated carbocycles. The molecule has 1 atom stereocenters. The lowest BCUT2D eigenvalue weighted by Crippen LogP contribution is -2.27. The molecule has 0 radical (unpaired) electrons. The second-order valence-corrected chi connectivity index (χ2v) is 6.90. The van der Waals surface area contributed by atoms with Crippen LogP contribution >= 0.6 is 12.4 Å². The summed E-state index contributed by atoms with van der Waals surface area (Å²) in [6.45, 7) is 2.17. The number of rotatable bonds is 6. The van der Waals surface area contributed by atoms with E-state index in [1.807, 2.05) is 12.1 Å². The van der Waals surface area contributed by atoms with Crippen molar-refractivity contribution in [3.05, 3.63) is 53.9 Å². The molecule has 0 aliphatic carbocycles. The summed E-state index contributed by atoms with van der Waals surface area (Å²) in [6.07, 6.45) is -2.14. The monoisotopic (exact) mass is 426 g/mol. The molecular weight excluding hydrogens is 405 g/mol. The van der Waals surface area contributed by atoms with Gasteiger partial charge in [0.05, 0.1) is 11.7 Å². The average Bonchev–Trinajstić information content (AvgIpc) is 3.15. The van der Waals surface area contributed by atoms with Gasteiger partial charge in [-0.15, -0.1) is 12.4 Å². The summed E-state index contributed by atoms with van der Waals surface area (Å²) in [5.74, 6) is 0.937. The number of ether oxygens (including phenoxy) is 1. The van der Waals surface area contributed by atoms with Crippen molar-refractivity contribution in [3.63, 3.8) is 0 Å². The fourth-order valence-corrected chi connectivity index (χ4v) is 3.49. The number of hydrogen-bond acceptors (Lipinski definition) is 4. The van der Waals surface area contributed by atoms with E-state index in [1.54, 1.807) is 24.3 Å². The minimum Gasteiger partial charge on any atom is -0.473 e. The number of fused-ring (bicyclic) bond motifs is 1. The highest BCUT2D eigenvalue weighted by atomic mass is 35.5. The number of halogens is 4. The maximum Gasteiger partial charge on any atom is 0.289 e. The average molecular weight is 427 g/mol. The highest BCUT2D eigenvalue weighted by Gasteiger charge is 2.23. The largest absolute Gasteiger partial charge is 0.473 e. The van der Waals surface area contributed by atoms with E-state index in [2.05, 4.69) is 15.4 Å². The summed E-state index contributed by atoms with van der Waals surface area (Å²) < 4.78 is 45.7. The molecule has 0 amide bonds. The van der Waals surface area contributed by atoms with Gasteiger partial charge in [0, 0.05) is 23.1 Å². The van der Waals surface area contributed by atoms with Crippen LogP contribution in [0.5, 0.6) is 5.88 Å². The fourth-order valence-electron chi connectivity index (χ4n) is 3.49. The van der Waals surface area contributed by atoms with Crippen LogP contribution in [0.4, 0.5) is 13.2 Å². The summed E-state index contributed by atoms with van der Waals surface area (Å²) in [5.41, 5.74) is 2.06. The Morgan fingerprint density at radius 3 is 2.69 bits per heavy atom. The van der Waals surface area contributed by atoms with Gasteiger partial charge in [0.2, 0.25) is 5.88 Å². The van der Waals surface area contributed by atoms with Crippen LogP contribution in [0.25, 0.3) is 10.9 Å². The number of piperidine rings is 1. The molecule has 1 aromatic carbocycles. The zero-order chi connectivity index (χ0) is 19.5. The number of hydrogen-bond donors (Lipinski definition) is 1. The molecule has 3 aromatic rings. The lowest BCUT2D eigenvalue weighted by atomic mass is 9.94.